The summed E-state index contributed by atoms with van der Waals surface area (Å²) in [5, 5.41) is 1.90. The smallest absolute Gasteiger partial charge is 0.307 e. The molecule has 1 saturated heterocycles. The Morgan fingerprint density at radius 2 is 2.25 bits per heavy atom. The number of amides is 1. The lowest BCUT2D eigenvalue weighted by Crippen LogP contribution is -2.43. The Kier molecular flexibility index (Phi) is 7.71. The first-order valence-electron chi connectivity index (χ1n) is 8.48. The third kappa shape index (κ3) is 5.04. The van der Waals surface area contributed by atoms with Crippen LogP contribution in [0.4, 0.5) is 0 Å². The molecule has 1 unspecified atom stereocenters. The number of carbonyl (C=O) groups is 2. The Morgan fingerprint density at radius 3 is 2.88 bits per heavy atom. The molecule has 0 spiro atoms. The van der Waals surface area contributed by atoms with E-state index in [1.54, 1.807) is 6.92 Å². The SMILES string of the molecule is CCOC(=O)CCN(CC1CCCN1CC)C(=O)c1sccc1Br. The second-order valence-electron chi connectivity index (χ2n) is 5.83. The summed E-state index contributed by atoms with van der Waals surface area (Å²) in [6, 6.07) is 2.26. The van der Waals surface area contributed by atoms with Gasteiger partial charge in [-0.2, -0.15) is 0 Å². The second-order valence-corrected chi connectivity index (χ2v) is 7.60. The van der Waals surface area contributed by atoms with Gasteiger partial charge >= 0.3 is 5.97 Å². The molecule has 1 atom stereocenters. The van der Waals surface area contributed by atoms with Crippen molar-refractivity contribution in [3.05, 3.63) is 20.8 Å². The third-order valence-electron chi connectivity index (χ3n) is 4.33. The summed E-state index contributed by atoms with van der Waals surface area (Å²) < 4.78 is 5.82. The van der Waals surface area contributed by atoms with Crippen molar-refractivity contribution in [3.8, 4) is 0 Å². The summed E-state index contributed by atoms with van der Waals surface area (Å²) in [7, 11) is 0. The van der Waals surface area contributed by atoms with E-state index >= 15 is 0 Å². The van der Waals surface area contributed by atoms with E-state index in [1.165, 1.54) is 17.8 Å². The molecule has 1 aliphatic rings. The third-order valence-corrected chi connectivity index (χ3v) is 6.15. The van der Waals surface area contributed by atoms with Crippen molar-refractivity contribution >= 4 is 39.1 Å². The predicted octanol–water partition coefficient (Wildman–Crippen LogP) is 3.39. The van der Waals surface area contributed by atoms with Crippen molar-refractivity contribution in [2.24, 2.45) is 0 Å². The largest absolute Gasteiger partial charge is 0.466 e. The molecule has 1 amide bonds. The van der Waals surface area contributed by atoms with Crippen LogP contribution < -0.4 is 0 Å². The summed E-state index contributed by atoms with van der Waals surface area (Å²) in [4.78, 5) is 29.5. The van der Waals surface area contributed by atoms with Crippen LogP contribution in [0.3, 0.4) is 0 Å². The maximum absolute atomic E-state index is 12.9. The first-order chi connectivity index (χ1) is 11.6. The molecule has 1 aromatic heterocycles. The van der Waals surface area contributed by atoms with E-state index in [0.717, 1.165) is 24.0 Å². The normalized spacial score (nSPS) is 17.9. The fourth-order valence-corrected chi connectivity index (χ4v) is 4.61. The molecule has 134 valence electrons. The van der Waals surface area contributed by atoms with Gasteiger partial charge in [0.15, 0.2) is 0 Å². The number of halogens is 1. The maximum atomic E-state index is 12.9. The number of hydrogen-bond acceptors (Lipinski definition) is 5. The molecule has 1 aliphatic heterocycles. The number of nitrogens with zero attached hydrogens (tertiary/aromatic N) is 2. The van der Waals surface area contributed by atoms with Crippen LogP contribution in [0, 0.1) is 0 Å². The van der Waals surface area contributed by atoms with Crippen molar-refractivity contribution in [1.82, 2.24) is 9.80 Å². The fourth-order valence-electron chi connectivity index (χ4n) is 3.10. The van der Waals surface area contributed by atoms with Gasteiger partial charge in [-0.25, -0.2) is 0 Å². The van der Waals surface area contributed by atoms with Gasteiger partial charge in [0.05, 0.1) is 13.0 Å². The van der Waals surface area contributed by atoms with E-state index in [9.17, 15) is 9.59 Å². The van der Waals surface area contributed by atoms with E-state index in [-0.39, 0.29) is 18.3 Å². The van der Waals surface area contributed by atoms with Gasteiger partial charge in [-0.3, -0.25) is 14.5 Å². The van der Waals surface area contributed by atoms with Crippen molar-refractivity contribution in [1.29, 1.82) is 0 Å². The zero-order valence-corrected chi connectivity index (χ0v) is 16.7. The summed E-state index contributed by atoms with van der Waals surface area (Å²) in [5.41, 5.74) is 0. The standard InChI is InChI=1S/C17H25BrN2O3S/c1-3-19-9-5-6-13(19)12-20(10-7-15(21)23-4-2)17(22)16-14(18)8-11-24-16/h8,11,13H,3-7,9-10,12H2,1-2H3. The molecule has 2 rings (SSSR count). The van der Waals surface area contributed by atoms with Crippen LogP contribution in [0.1, 0.15) is 42.8 Å². The maximum Gasteiger partial charge on any atom is 0.307 e. The van der Waals surface area contributed by atoms with Crippen molar-refractivity contribution in [3.63, 3.8) is 0 Å². The number of carbonyl (C=O) groups excluding carboxylic acids is 2. The van der Waals surface area contributed by atoms with Crippen LogP contribution in [-0.2, 0) is 9.53 Å². The van der Waals surface area contributed by atoms with Crippen molar-refractivity contribution in [2.75, 3.05) is 32.8 Å². The molecule has 0 N–H and O–H groups in total. The molecule has 24 heavy (non-hydrogen) atoms. The molecule has 0 aliphatic carbocycles. The molecule has 7 heteroatoms. The van der Waals surface area contributed by atoms with Crippen LogP contribution in [0.25, 0.3) is 0 Å². The van der Waals surface area contributed by atoms with Crippen molar-refractivity contribution < 1.29 is 14.3 Å². The first kappa shape index (κ1) is 19.4. The fraction of sp³-hybridized carbons (Fsp3) is 0.647. The van der Waals surface area contributed by atoms with E-state index in [4.69, 9.17) is 4.74 Å². The van der Waals surface area contributed by atoms with Crippen LogP contribution in [0.15, 0.2) is 15.9 Å². The highest BCUT2D eigenvalue weighted by atomic mass is 79.9. The highest BCUT2D eigenvalue weighted by molar-refractivity contribution is 9.10. The number of ether oxygens (including phenoxy) is 1. The van der Waals surface area contributed by atoms with Crippen LogP contribution in [0.5, 0.6) is 0 Å². The highest BCUT2D eigenvalue weighted by Gasteiger charge is 2.28. The van der Waals surface area contributed by atoms with Crippen molar-refractivity contribution in [2.45, 2.75) is 39.2 Å². The summed E-state index contributed by atoms with van der Waals surface area (Å²) in [6.45, 7) is 7.46. The second kappa shape index (κ2) is 9.53. The summed E-state index contributed by atoms with van der Waals surface area (Å²) in [5.74, 6) is -0.261. The lowest BCUT2D eigenvalue weighted by molar-refractivity contribution is -0.143. The quantitative estimate of drug-likeness (QED) is 0.609. The first-order valence-corrected chi connectivity index (χ1v) is 10.2. The lowest BCUT2D eigenvalue weighted by atomic mass is 10.2. The molecule has 2 heterocycles. The van der Waals surface area contributed by atoms with E-state index in [0.29, 0.717) is 30.6 Å². The van der Waals surface area contributed by atoms with E-state index in [1.807, 2.05) is 16.3 Å². The van der Waals surface area contributed by atoms with Gasteiger partial charge in [0.2, 0.25) is 0 Å². The number of hydrogen-bond donors (Lipinski definition) is 0. The van der Waals surface area contributed by atoms with Crippen LogP contribution >= 0.6 is 27.3 Å². The topological polar surface area (TPSA) is 49.9 Å². The molecule has 1 fully saturated rings. The molecule has 5 nitrogen and oxygen atoms in total. The van der Waals surface area contributed by atoms with Gasteiger partial charge in [-0.15, -0.1) is 11.3 Å². The number of esters is 1. The monoisotopic (exact) mass is 416 g/mol. The number of rotatable bonds is 8. The number of thiophene rings is 1. The Labute approximate surface area is 156 Å². The predicted molar refractivity (Wildman–Crippen MR) is 99.4 cm³/mol. The van der Waals surface area contributed by atoms with E-state index in [2.05, 4.69) is 27.8 Å². The van der Waals surface area contributed by atoms with Crippen LogP contribution in [0.2, 0.25) is 0 Å². The van der Waals surface area contributed by atoms with E-state index < -0.39 is 0 Å². The van der Waals surface area contributed by atoms with Gasteiger partial charge in [-0.1, -0.05) is 6.92 Å². The lowest BCUT2D eigenvalue weighted by Gasteiger charge is -2.30. The Bertz CT molecular complexity index is 564. The highest BCUT2D eigenvalue weighted by Crippen LogP contribution is 2.26. The Morgan fingerprint density at radius 1 is 1.46 bits per heavy atom. The Balaban J connectivity index is 2.07. The summed E-state index contributed by atoms with van der Waals surface area (Å²) in [6.07, 6.45) is 2.51. The minimum atomic E-state index is -0.251. The molecule has 0 saturated carbocycles. The molecular weight excluding hydrogens is 392 g/mol. The Hall–Kier alpha value is -0.920. The number of likely N-dealkylation sites (N-methyl/N-ethyl adjacent to an activating group) is 1. The zero-order chi connectivity index (χ0) is 17.5. The summed E-state index contributed by atoms with van der Waals surface area (Å²) >= 11 is 4.87. The average Bonchev–Trinajstić information content (AvgIpc) is 3.19. The zero-order valence-electron chi connectivity index (χ0n) is 14.3. The van der Waals surface area contributed by atoms with Crippen LogP contribution in [-0.4, -0.2) is 60.5 Å². The van der Waals surface area contributed by atoms with Gasteiger partial charge in [0, 0.05) is 23.6 Å². The molecule has 0 radical (unpaired) electrons. The van der Waals surface area contributed by atoms with Gasteiger partial charge < -0.3 is 9.64 Å². The molecule has 1 aromatic rings. The molecule has 0 bridgehead atoms. The minimum Gasteiger partial charge on any atom is -0.466 e. The average molecular weight is 417 g/mol. The van der Waals surface area contributed by atoms with Gasteiger partial charge in [-0.05, 0) is 60.2 Å². The minimum absolute atomic E-state index is 0.0101. The van der Waals surface area contributed by atoms with Gasteiger partial charge in [0.25, 0.3) is 5.91 Å². The van der Waals surface area contributed by atoms with Gasteiger partial charge in [0.1, 0.15) is 4.88 Å². The molecule has 0 aromatic carbocycles. The molecular formula is C17H25BrN2O3S. The number of likely N-dealkylation sites (tertiary alicyclic amines) is 1.